The van der Waals surface area contributed by atoms with Crippen molar-refractivity contribution in [2.24, 2.45) is 5.92 Å². The van der Waals surface area contributed by atoms with Crippen molar-refractivity contribution in [1.29, 1.82) is 0 Å². The molecule has 0 aromatic heterocycles. The Kier molecular flexibility index (Phi) is 5.54. The first-order valence-corrected chi connectivity index (χ1v) is 7.31. The van der Waals surface area contributed by atoms with E-state index in [1.165, 1.54) is 23.1 Å². The summed E-state index contributed by atoms with van der Waals surface area (Å²) in [5, 5.41) is 0. The second-order valence-electron chi connectivity index (χ2n) is 4.53. The van der Waals surface area contributed by atoms with Crippen LogP contribution in [-0.2, 0) is 12.8 Å². The van der Waals surface area contributed by atoms with Crippen LogP contribution >= 0.6 is 15.9 Å². The Balaban J connectivity index is 3.07. The zero-order chi connectivity index (χ0) is 12.1. The molecule has 0 saturated carbocycles. The number of aryl methyl sites for hydroxylation is 2. The monoisotopic (exact) mass is 282 g/mol. The molecular formula is C15H23Br. The van der Waals surface area contributed by atoms with Gasteiger partial charge in [0.15, 0.2) is 0 Å². The summed E-state index contributed by atoms with van der Waals surface area (Å²) in [6.45, 7) is 9.03. The lowest BCUT2D eigenvalue weighted by Gasteiger charge is -2.20. The van der Waals surface area contributed by atoms with Gasteiger partial charge in [-0.05, 0) is 35.4 Å². The standard InChI is InChI=1S/C15H23Br/c1-5-11(4)15(16)14-10-12(6-2)8-9-13(14)7-3/h8-11,15H,5-7H2,1-4H3. The lowest BCUT2D eigenvalue weighted by molar-refractivity contribution is 0.553. The molecule has 2 unspecified atom stereocenters. The van der Waals surface area contributed by atoms with Crippen LogP contribution in [0, 0.1) is 5.92 Å². The third-order valence-corrected chi connectivity index (χ3v) is 4.84. The maximum atomic E-state index is 3.87. The van der Waals surface area contributed by atoms with E-state index in [2.05, 4.69) is 61.8 Å². The van der Waals surface area contributed by atoms with Crippen LogP contribution in [0.2, 0.25) is 0 Å². The van der Waals surface area contributed by atoms with Crippen LogP contribution in [0.5, 0.6) is 0 Å². The van der Waals surface area contributed by atoms with Gasteiger partial charge < -0.3 is 0 Å². The van der Waals surface area contributed by atoms with E-state index in [1.54, 1.807) is 0 Å². The highest BCUT2D eigenvalue weighted by Gasteiger charge is 2.17. The third-order valence-electron chi connectivity index (χ3n) is 3.44. The minimum absolute atomic E-state index is 0.499. The van der Waals surface area contributed by atoms with Crippen molar-refractivity contribution >= 4 is 15.9 Å². The molecule has 0 spiro atoms. The zero-order valence-corrected chi connectivity index (χ0v) is 12.5. The van der Waals surface area contributed by atoms with E-state index in [-0.39, 0.29) is 0 Å². The van der Waals surface area contributed by atoms with Gasteiger partial charge in [0.05, 0.1) is 0 Å². The van der Waals surface area contributed by atoms with Crippen LogP contribution in [-0.4, -0.2) is 0 Å². The number of hydrogen-bond acceptors (Lipinski definition) is 0. The Morgan fingerprint density at radius 3 is 2.31 bits per heavy atom. The molecule has 90 valence electrons. The molecule has 0 N–H and O–H groups in total. The Labute approximate surface area is 109 Å². The number of rotatable bonds is 5. The van der Waals surface area contributed by atoms with E-state index in [4.69, 9.17) is 0 Å². The van der Waals surface area contributed by atoms with Crippen LogP contribution in [0.4, 0.5) is 0 Å². The summed E-state index contributed by atoms with van der Waals surface area (Å²) in [7, 11) is 0. The van der Waals surface area contributed by atoms with Gasteiger partial charge in [-0.2, -0.15) is 0 Å². The summed E-state index contributed by atoms with van der Waals surface area (Å²) in [6.07, 6.45) is 3.46. The van der Waals surface area contributed by atoms with Gasteiger partial charge in [0.1, 0.15) is 0 Å². The van der Waals surface area contributed by atoms with E-state index in [9.17, 15) is 0 Å². The predicted octanol–water partition coefficient (Wildman–Crippen LogP) is 5.29. The molecule has 1 heteroatoms. The Morgan fingerprint density at radius 1 is 1.12 bits per heavy atom. The average molecular weight is 283 g/mol. The van der Waals surface area contributed by atoms with Crippen molar-refractivity contribution < 1.29 is 0 Å². The van der Waals surface area contributed by atoms with Crippen LogP contribution in [0.1, 0.15) is 55.6 Å². The van der Waals surface area contributed by atoms with Gasteiger partial charge in [-0.3, -0.25) is 0 Å². The number of benzene rings is 1. The maximum Gasteiger partial charge on any atom is 0.0423 e. The molecule has 0 heterocycles. The molecular weight excluding hydrogens is 260 g/mol. The van der Waals surface area contributed by atoms with Crippen molar-refractivity contribution in [2.75, 3.05) is 0 Å². The summed E-state index contributed by atoms with van der Waals surface area (Å²) in [6, 6.07) is 6.94. The zero-order valence-electron chi connectivity index (χ0n) is 10.9. The summed E-state index contributed by atoms with van der Waals surface area (Å²) >= 11 is 3.87. The minimum Gasteiger partial charge on any atom is -0.0836 e. The van der Waals surface area contributed by atoms with Gasteiger partial charge >= 0.3 is 0 Å². The van der Waals surface area contributed by atoms with Gasteiger partial charge in [-0.25, -0.2) is 0 Å². The predicted molar refractivity (Wildman–Crippen MR) is 76.3 cm³/mol. The topological polar surface area (TPSA) is 0 Å². The van der Waals surface area contributed by atoms with Gasteiger partial charge in [0.2, 0.25) is 0 Å². The van der Waals surface area contributed by atoms with E-state index in [0.717, 1.165) is 12.8 Å². The summed E-state index contributed by atoms with van der Waals surface area (Å²) in [4.78, 5) is 0.499. The smallest absolute Gasteiger partial charge is 0.0423 e. The SMILES string of the molecule is CCc1ccc(CC)c(C(Br)C(C)CC)c1. The molecule has 1 aromatic rings. The van der Waals surface area contributed by atoms with Gasteiger partial charge in [0.25, 0.3) is 0 Å². The van der Waals surface area contributed by atoms with Crippen molar-refractivity contribution in [3.63, 3.8) is 0 Å². The van der Waals surface area contributed by atoms with Crippen molar-refractivity contribution in [3.05, 3.63) is 34.9 Å². The Hall–Kier alpha value is -0.300. The average Bonchev–Trinajstić information content (AvgIpc) is 2.35. The lowest BCUT2D eigenvalue weighted by atomic mass is 9.92. The van der Waals surface area contributed by atoms with Gasteiger partial charge in [0, 0.05) is 4.83 Å². The van der Waals surface area contributed by atoms with Crippen LogP contribution in [0.15, 0.2) is 18.2 Å². The quantitative estimate of drug-likeness (QED) is 0.644. The van der Waals surface area contributed by atoms with Crippen LogP contribution in [0.3, 0.4) is 0 Å². The molecule has 0 saturated heterocycles. The molecule has 2 atom stereocenters. The Morgan fingerprint density at radius 2 is 1.81 bits per heavy atom. The molecule has 0 aliphatic rings. The molecule has 0 aliphatic heterocycles. The van der Waals surface area contributed by atoms with Gasteiger partial charge in [-0.1, -0.05) is 68.2 Å². The molecule has 1 aromatic carbocycles. The first-order chi connectivity index (χ1) is 7.63. The van der Waals surface area contributed by atoms with Crippen LogP contribution in [0.25, 0.3) is 0 Å². The molecule has 0 bridgehead atoms. The van der Waals surface area contributed by atoms with E-state index < -0.39 is 0 Å². The molecule has 0 radical (unpaired) electrons. The maximum absolute atomic E-state index is 3.87. The van der Waals surface area contributed by atoms with E-state index in [0.29, 0.717) is 10.7 Å². The number of alkyl halides is 1. The van der Waals surface area contributed by atoms with E-state index >= 15 is 0 Å². The number of halogens is 1. The van der Waals surface area contributed by atoms with Gasteiger partial charge in [-0.15, -0.1) is 0 Å². The number of hydrogen-bond donors (Lipinski definition) is 0. The summed E-state index contributed by atoms with van der Waals surface area (Å²) in [5.74, 6) is 0.692. The fraction of sp³-hybridized carbons (Fsp3) is 0.600. The fourth-order valence-corrected chi connectivity index (χ4v) is 2.76. The van der Waals surface area contributed by atoms with Crippen LogP contribution < -0.4 is 0 Å². The summed E-state index contributed by atoms with van der Waals surface area (Å²) in [5.41, 5.74) is 4.43. The third kappa shape index (κ3) is 3.10. The van der Waals surface area contributed by atoms with Crippen molar-refractivity contribution in [1.82, 2.24) is 0 Å². The fourth-order valence-electron chi connectivity index (χ4n) is 1.96. The molecule has 16 heavy (non-hydrogen) atoms. The molecule has 0 nitrogen and oxygen atoms in total. The van der Waals surface area contributed by atoms with Crippen molar-refractivity contribution in [2.45, 2.75) is 51.8 Å². The molecule has 0 aliphatic carbocycles. The highest BCUT2D eigenvalue weighted by Crippen LogP contribution is 2.35. The second-order valence-corrected chi connectivity index (χ2v) is 5.51. The first-order valence-electron chi connectivity index (χ1n) is 6.39. The lowest BCUT2D eigenvalue weighted by Crippen LogP contribution is -2.05. The molecule has 0 amide bonds. The largest absolute Gasteiger partial charge is 0.0836 e. The normalized spacial score (nSPS) is 14.8. The first kappa shape index (κ1) is 13.8. The Bertz CT molecular complexity index is 330. The highest BCUT2D eigenvalue weighted by molar-refractivity contribution is 9.09. The minimum atomic E-state index is 0.499. The van der Waals surface area contributed by atoms with E-state index in [1.807, 2.05) is 0 Å². The molecule has 1 rings (SSSR count). The second kappa shape index (κ2) is 6.44. The highest BCUT2D eigenvalue weighted by atomic mass is 79.9. The summed E-state index contributed by atoms with van der Waals surface area (Å²) < 4.78 is 0. The molecule has 0 fully saturated rings. The van der Waals surface area contributed by atoms with Crippen molar-refractivity contribution in [3.8, 4) is 0 Å².